The van der Waals surface area contributed by atoms with Crippen molar-refractivity contribution < 1.29 is 5.11 Å². The highest BCUT2D eigenvalue weighted by Gasteiger charge is 2.11. The molecule has 0 fully saturated rings. The molecule has 0 bridgehead atoms. The molecular weight excluding hydrogens is 246 g/mol. The third-order valence-electron chi connectivity index (χ3n) is 3.51. The molecule has 0 aliphatic heterocycles. The summed E-state index contributed by atoms with van der Waals surface area (Å²) in [5.74, 6) is 0. The molecule has 0 saturated carbocycles. The second-order valence-electron chi connectivity index (χ2n) is 4.64. The number of hydrogen-bond donors (Lipinski definition) is 1. The minimum absolute atomic E-state index is 0.124. The maximum Gasteiger partial charge on any atom is 0.100 e. The molecule has 2 heteroatoms. The van der Waals surface area contributed by atoms with Gasteiger partial charge in [0.25, 0.3) is 0 Å². The predicted molar refractivity (Wildman–Crippen MR) is 80.0 cm³/mol. The van der Waals surface area contributed by atoms with Crippen molar-refractivity contribution in [3.8, 4) is 17.2 Å². The Kier molecular flexibility index (Phi) is 3.20. The van der Waals surface area contributed by atoms with Crippen molar-refractivity contribution in [3.63, 3.8) is 0 Å². The molecule has 0 spiro atoms. The molecule has 20 heavy (non-hydrogen) atoms. The lowest BCUT2D eigenvalue weighted by atomic mass is 9.93. The normalized spacial score (nSPS) is 10.4. The van der Waals surface area contributed by atoms with E-state index in [0.29, 0.717) is 11.1 Å². The van der Waals surface area contributed by atoms with Crippen molar-refractivity contribution in [1.82, 2.24) is 0 Å². The van der Waals surface area contributed by atoms with Crippen LogP contribution in [0.2, 0.25) is 0 Å². The van der Waals surface area contributed by atoms with Gasteiger partial charge in [-0.1, -0.05) is 60.7 Å². The summed E-state index contributed by atoms with van der Waals surface area (Å²) >= 11 is 0. The van der Waals surface area contributed by atoms with E-state index >= 15 is 0 Å². The summed E-state index contributed by atoms with van der Waals surface area (Å²) in [5, 5.41) is 21.0. The molecule has 0 radical (unpaired) electrons. The fourth-order valence-electron chi connectivity index (χ4n) is 2.55. The summed E-state index contributed by atoms with van der Waals surface area (Å²) in [6.07, 6.45) is 0. The summed E-state index contributed by atoms with van der Waals surface area (Å²) in [7, 11) is 0. The van der Waals surface area contributed by atoms with Crippen LogP contribution in [0.4, 0.5) is 0 Å². The van der Waals surface area contributed by atoms with Gasteiger partial charge in [0.15, 0.2) is 0 Å². The summed E-state index contributed by atoms with van der Waals surface area (Å²) < 4.78 is 0. The molecule has 2 nitrogen and oxygen atoms in total. The Hall–Kier alpha value is -2.63. The van der Waals surface area contributed by atoms with Crippen LogP contribution >= 0.6 is 0 Å². The van der Waals surface area contributed by atoms with Crippen LogP contribution in [0.25, 0.3) is 21.9 Å². The molecule has 0 saturated heterocycles. The van der Waals surface area contributed by atoms with Crippen molar-refractivity contribution in [3.05, 3.63) is 71.8 Å². The molecule has 0 heterocycles. The topological polar surface area (TPSA) is 44.0 Å². The van der Waals surface area contributed by atoms with Crippen LogP contribution in [-0.2, 0) is 6.61 Å². The molecule has 1 N–H and O–H groups in total. The highest BCUT2D eigenvalue weighted by molar-refractivity contribution is 5.97. The van der Waals surface area contributed by atoms with E-state index in [1.165, 1.54) is 0 Å². The van der Waals surface area contributed by atoms with Gasteiger partial charge in [0.1, 0.15) is 6.07 Å². The zero-order valence-corrected chi connectivity index (χ0v) is 10.9. The monoisotopic (exact) mass is 259 g/mol. The number of aliphatic hydroxyl groups is 1. The van der Waals surface area contributed by atoms with Gasteiger partial charge in [0.2, 0.25) is 0 Å². The minimum Gasteiger partial charge on any atom is -0.392 e. The molecule has 3 aromatic rings. The van der Waals surface area contributed by atoms with E-state index < -0.39 is 0 Å². The van der Waals surface area contributed by atoms with Gasteiger partial charge in [0, 0.05) is 5.56 Å². The lowest BCUT2D eigenvalue weighted by Crippen LogP contribution is -1.93. The van der Waals surface area contributed by atoms with Crippen LogP contribution in [0.5, 0.6) is 0 Å². The van der Waals surface area contributed by atoms with E-state index in [2.05, 4.69) is 24.3 Å². The Morgan fingerprint density at radius 2 is 1.55 bits per heavy atom. The first-order chi connectivity index (χ1) is 9.85. The second-order valence-corrected chi connectivity index (χ2v) is 4.64. The largest absolute Gasteiger partial charge is 0.392 e. The predicted octanol–water partition coefficient (Wildman–Crippen LogP) is 3.87. The van der Waals surface area contributed by atoms with Gasteiger partial charge in [0.05, 0.1) is 12.2 Å². The summed E-state index contributed by atoms with van der Waals surface area (Å²) in [5.41, 5.74) is 3.11. The van der Waals surface area contributed by atoms with Gasteiger partial charge in [-0.2, -0.15) is 5.26 Å². The van der Waals surface area contributed by atoms with E-state index in [1.54, 1.807) is 6.07 Å². The van der Waals surface area contributed by atoms with E-state index in [-0.39, 0.29) is 6.61 Å². The Bertz CT molecular complexity index is 810. The molecule has 3 rings (SSSR count). The van der Waals surface area contributed by atoms with Crippen LogP contribution in [0.1, 0.15) is 11.1 Å². The zero-order valence-electron chi connectivity index (χ0n) is 10.9. The Morgan fingerprint density at radius 3 is 2.35 bits per heavy atom. The molecule has 0 atom stereocenters. The number of aliphatic hydroxyl groups excluding tert-OH is 1. The van der Waals surface area contributed by atoms with Crippen molar-refractivity contribution in [1.29, 1.82) is 5.26 Å². The van der Waals surface area contributed by atoms with Gasteiger partial charge in [-0.15, -0.1) is 0 Å². The van der Waals surface area contributed by atoms with E-state index in [1.807, 2.05) is 36.4 Å². The second kappa shape index (κ2) is 5.16. The molecule has 0 aliphatic rings. The van der Waals surface area contributed by atoms with Gasteiger partial charge >= 0.3 is 0 Å². The highest BCUT2D eigenvalue weighted by Crippen LogP contribution is 2.32. The number of fused-ring (bicyclic) bond motifs is 1. The summed E-state index contributed by atoms with van der Waals surface area (Å²) in [4.78, 5) is 0. The lowest BCUT2D eigenvalue weighted by Gasteiger charge is -2.10. The number of benzene rings is 3. The summed E-state index contributed by atoms with van der Waals surface area (Å²) in [6.45, 7) is -0.124. The minimum atomic E-state index is -0.124. The first kappa shape index (κ1) is 12.4. The lowest BCUT2D eigenvalue weighted by molar-refractivity contribution is 0.281. The standard InChI is InChI=1S/C18H13NO/c19-11-18-14(12-20)7-4-10-17(18)16-9-3-6-13-5-1-2-8-15(13)16/h1-10,20H,12H2. The fraction of sp³-hybridized carbons (Fsp3) is 0.0556. The van der Waals surface area contributed by atoms with Gasteiger partial charge in [-0.3, -0.25) is 0 Å². The SMILES string of the molecule is N#Cc1c(CO)cccc1-c1cccc2ccccc12. The molecular formula is C18H13NO. The third-order valence-corrected chi connectivity index (χ3v) is 3.51. The summed E-state index contributed by atoms with van der Waals surface area (Å²) in [6, 6.07) is 22.0. The van der Waals surface area contributed by atoms with Crippen molar-refractivity contribution in [2.45, 2.75) is 6.61 Å². The third kappa shape index (κ3) is 1.95. The Morgan fingerprint density at radius 1 is 0.850 bits per heavy atom. The average molecular weight is 259 g/mol. The molecule has 0 aromatic heterocycles. The molecule has 0 amide bonds. The zero-order chi connectivity index (χ0) is 13.9. The van der Waals surface area contributed by atoms with Crippen LogP contribution < -0.4 is 0 Å². The quantitative estimate of drug-likeness (QED) is 0.759. The van der Waals surface area contributed by atoms with E-state index in [4.69, 9.17) is 0 Å². The Labute approximate surface area is 117 Å². The van der Waals surface area contributed by atoms with Gasteiger partial charge in [-0.25, -0.2) is 0 Å². The van der Waals surface area contributed by atoms with Gasteiger partial charge in [-0.05, 0) is 21.9 Å². The first-order valence-electron chi connectivity index (χ1n) is 6.46. The fourth-order valence-corrected chi connectivity index (χ4v) is 2.55. The van der Waals surface area contributed by atoms with Crippen molar-refractivity contribution >= 4 is 10.8 Å². The number of hydrogen-bond acceptors (Lipinski definition) is 2. The van der Waals surface area contributed by atoms with Crippen LogP contribution in [0.15, 0.2) is 60.7 Å². The number of rotatable bonds is 2. The average Bonchev–Trinajstić information content (AvgIpc) is 2.53. The van der Waals surface area contributed by atoms with Crippen LogP contribution in [0.3, 0.4) is 0 Å². The number of nitrogens with zero attached hydrogens (tertiary/aromatic N) is 1. The first-order valence-corrected chi connectivity index (χ1v) is 6.46. The van der Waals surface area contributed by atoms with Gasteiger partial charge < -0.3 is 5.11 Å². The van der Waals surface area contributed by atoms with Crippen molar-refractivity contribution in [2.24, 2.45) is 0 Å². The van der Waals surface area contributed by atoms with Crippen molar-refractivity contribution in [2.75, 3.05) is 0 Å². The molecule has 96 valence electrons. The Balaban J connectivity index is 2.35. The van der Waals surface area contributed by atoms with Crippen LogP contribution in [-0.4, -0.2) is 5.11 Å². The smallest absolute Gasteiger partial charge is 0.100 e. The maximum absolute atomic E-state index is 9.40. The molecule has 3 aromatic carbocycles. The molecule has 0 unspecified atom stereocenters. The van der Waals surface area contributed by atoms with E-state index in [0.717, 1.165) is 21.9 Å². The number of nitriles is 1. The maximum atomic E-state index is 9.40. The van der Waals surface area contributed by atoms with E-state index in [9.17, 15) is 10.4 Å². The highest BCUT2D eigenvalue weighted by atomic mass is 16.3. The molecule has 0 aliphatic carbocycles. The van der Waals surface area contributed by atoms with Crippen LogP contribution in [0, 0.1) is 11.3 Å².